The zero-order valence-electron chi connectivity index (χ0n) is 9.29. The quantitative estimate of drug-likeness (QED) is 0.663. The van der Waals surface area contributed by atoms with Crippen molar-refractivity contribution in [3.05, 3.63) is 56.2 Å². The Labute approximate surface area is 116 Å². The number of benzene rings is 1. The van der Waals surface area contributed by atoms with Crippen molar-refractivity contribution in [2.45, 2.75) is 12.5 Å². The van der Waals surface area contributed by atoms with Crippen molar-refractivity contribution in [3.63, 3.8) is 0 Å². The van der Waals surface area contributed by atoms with Gasteiger partial charge in [0.1, 0.15) is 11.6 Å². The fourth-order valence-corrected chi connectivity index (χ4v) is 2.97. The van der Waals surface area contributed by atoms with Gasteiger partial charge in [-0.25, -0.2) is 8.78 Å². The standard InChI is InChI=1S/C12H11BrF2N2S/c13-12-4-8(6-18-12)11(17-16)3-7-1-9(14)5-10(15)2-7/h1-2,4-6,11,17H,3,16H2. The molecule has 0 aliphatic heterocycles. The predicted molar refractivity (Wildman–Crippen MR) is 72.1 cm³/mol. The van der Waals surface area contributed by atoms with Crippen LogP contribution in [0.3, 0.4) is 0 Å². The van der Waals surface area contributed by atoms with Crippen LogP contribution >= 0.6 is 27.3 Å². The molecule has 1 aromatic heterocycles. The molecule has 0 fully saturated rings. The number of hydrazine groups is 1. The van der Waals surface area contributed by atoms with Gasteiger partial charge >= 0.3 is 0 Å². The Kier molecular flexibility index (Phi) is 4.45. The van der Waals surface area contributed by atoms with Gasteiger partial charge in [0.25, 0.3) is 0 Å². The van der Waals surface area contributed by atoms with E-state index in [0.29, 0.717) is 12.0 Å². The minimum atomic E-state index is -0.577. The van der Waals surface area contributed by atoms with Crippen LogP contribution in [-0.2, 0) is 6.42 Å². The van der Waals surface area contributed by atoms with E-state index in [9.17, 15) is 8.78 Å². The van der Waals surface area contributed by atoms with E-state index in [1.807, 2.05) is 11.4 Å². The summed E-state index contributed by atoms with van der Waals surface area (Å²) in [6.07, 6.45) is 0.425. The van der Waals surface area contributed by atoms with E-state index < -0.39 is 11.6 Å². The molecule has 2 nitrogen and oxygen atoms in total. The number of halogens is 3. The summed E-state index contributed by atoms with van der Waals surface area (Å²) in [4.78, 5) is 0. The van der Waals surface area contributed by atoms with E-state index in [-0.39, 0.29) is 6.04 Å². The molecule has 0 aliphatic rings. The number of rotatable bonds is 4. The molecule has 0 amide bonds. The molecule has 0 saturated heterocycles. The van der Waals surface area contributed by atoms with E-state index in [2.05, 4.69) is 21.4 Å². The maximum Gasteiger partial charge on any atom is 0.126 e. The second-order valence-electron chi connectivity index (χ2n) is 3.89. The highest BCUT2D eigenvalue weighted by Crippen LogP contribution is 2.27. The first kappa shape index (κ1) is 13.6. The normalized spacial score (nSPS) is 12.7. The topological polar surface area (TPSA) is 38.0 Å². The van der Waals surface area contributed by atoms with Gasteiger partial charge in [-0.2, -0.15) is 0 Å². The van der Waals surface area contributed by atoms with Crippen LogP contribution in [0.5, 0.6) is 0 Å². The molecule has 1 heterocycles. The summed E-state index contributed by atoms with van der Waals surface area (Å²) in [6, 6.07) is 5.25. The van der Waals surface area contributed by atoms with Crippen molar-refractivity contribution in [3.8, 4) is 0 Å². The largest absolute Gasteiger partial charge is 0.271 e. The van der Waals surface area contributed by atoms with Crippen LogP contribution in [0, 0.1) is 11.6 Å². The zero-order chi connectivity index (χ0) is 13.1. The molecule has 0 aliphatic carbocycles. The van der Waals surface area contributed by atoms with Crippen molar-refractivity contribution < 1.29 is 8.78 Å². The highest BCUT2D eigenvalue weighted by Gasteiger charge is 2.13. The maximum atomic E-state index is 13.1. The average molecular weight is 333 g/mol. The molecular weight excluding hydrogens is 322 g/mol. The van der Waals surface area contributed by atoms with Gasteiger partial charge < -0.3 is 0 Å². The van der Waals surface area contributed by atoms with Gasteiger partial charge in [0, 0.05) is 6.07 Å². The van der Waals surface area contributed by atoms with Gasteiger partial charge in [0.05, 0.1) is 9.83 Å². The second-order valence-corrected chi connectivity index (χ2v) is 6.18. The van der Waals surface area contributed by atoms with Crippen molar-refractivity contribution in [1.29, 1.82) is 0 Å². The molecule has 0 spiro atoms. The van der Waals surface area contributed by atoms with E-state index in [1.165, 1.54) is 23.5 Å². The Morgan fingerprint density at radius 3 is 2.39 bits per heavy atom. The van der Waals surface area contributed by atoms with Crippen LogP contribution in [-0.4, -0.2) is 0 Å². The molecular formula is C12H11BrF2N2S. The lowest BCUT2D eigenvalue weighted by atomic mass is 10.0. The SMILES string of the molecule is NNC(Cc1cc(F)cc(F)c1)c1csc(Br)c1. The lowest BCUT2D eigenvalue weighted by Crippen LogP contribution is -2.29. The Morgan fingerprint density at radius 2 is 1.89 bits per heavy atom. The Balaban J connectivity index is 2.20. The summed E-state index contributed by atoms with van der Waals surface area (Å²) < 4.78 is 27.2. The molecule has 3 N–H and O–H groups in total. The molecule has 1 unspecified atom stereocenters. The third-order valence-electron chi connectivity index (χ3n) is 2.55. The van der Waals surface area contributed by atoms with Gasteiger partial charge in [-0.3, -0.25) is 11.3 Å². The first-order valence-electron chi connectivity index (χ1n) is 5.23. The third-order valence-corrected chi connectivity index (χ3v) is 4.08. The monoisotopic (exact) mass is 332 g/mol. The summed E-state index contributed by atoms with van der Waals surface area (Å²) in [5.74, 6) is 4.34. The average Bonchev–Trinajstić information content (AvgIpc) is 2.71. The smallest absolute Gasteiger partial charge is 0.126 e. The van der Waals surface area contributed by atoms with Gasteiger partial charge in [0.15, 0.2) is 0 Å². The Bertz CT molecular complexity index is 524. The molecule has 1 aromatic carbocycles. The lowest BCUT2D eigenvalue weighted by molar-refractivity contribution is 0.541. The number of nitrogens with one attached hydrogen (secondary N) is 1. The van der Waals surface area contributed by atoms with Crippen LogP contribution in [0.1, 0.15) is 17.2 Å². The fourth-order valence-electron chi connectivity index (χ4n) is 1.74. The van der Waals surface area contributed by atoms with Crippen molar-refractivity contribution in [1.82, 2.24) is 5.43 Å². The number of hydrogen-bond donors (Lipinski definition) is 2. The second kappa shape index (κ2) is 5.88. The van der Waals surface area contributed by atoms with Gasteiger partial charge in [-0.15, -0.1) is 11.3 Å². The third kappa shape index (κ3) is 3.35. The molecule has 18 heavy (non-hydrogen) atoms. The number of thiophene rings is 1. The molecule has 1 atom stereocenters. The van der Waals surface area contributed by atoms with Crippen molar-refractivity contribution in [2.75, 3.05) is 0 Å². The van der Waals surface area contributed by atoms with Crippen LogP contribution < -0.4 is 11.3 Å². The van der Waals surface area contributed by atoms with E-state index >= 15 is 0 Å². The molecule has 2 aromatic rings. The van der Waals surface area contributed by atoms with Crippen molar-refractivity contribution >= 4 is 27.3 Å². The summed E-state index contributed by atoms with van der Waals surface area (Å²) in [5.41, 5.74) is 4.21. The van der Waals surface area contributed by atoms with E-state index in [4.69, 9.17) is 5.84 Å². The molecule has 0 bridgehead atoms. The fraction of sp³-hybridized carbons (Fsp3) is 0.167. The van der Waals surface area contributed by atoms with E-state index in [0.717, 1.165) is 15.4 Å². The summed E-state index contributed by atoms with van der Waals surface area (Å²) in [5, 5.41) is 1.95. The van der Waals surface area contributed by atoms with Crippen LogP contribution in [0.15, 0.2) is 33.4 Å². The van der Waals surface area contributed by atoms with Crippen LogP contribution in [0.2, 0.25) is 0 Å². The summed E-state index contributed by atoms with van der Waals surface area (Å²) >= 11 is 4.91. The van der Waals surface area contributed by atoms with Gasteiger partial charge in [-0.05, 0) is 57.1 Å². The molecule has 2 rings (SSSR count). The Hall–Kier alpha value is -0.820. The summed E-state index contributed by atoms with van der Waals surface area (Å²) in [7, 11) is 0. The minimum Gasteiger partial charge on any atom is -0.271 e. The highest BCUT2D eigenvalue weighted by molar-refractivity contribution is 9.11. The molecule has 0 radical (unpaired) electrons. The zero-order valence-corrected chi connectivity index (χ0v) is 11.7. The van der Waals surface area contributed by atoms with Crippen molar-refractivity contribution in [2.24, 2.45) is 5.84 Å². The highest BCUT2D eigenvalue weighted by atomic mass is 79.9. The molecule has 96 valence electrons. The van der Waals surface area contributed by atoms with Gasteiger partial charge in [-0.1, -0.05) is 0 Å². The first-order chi connectivity index (χ1) is 8.58. The first-order valence-corrected chi connectivity index (χ1v) is 6.91. The minimum absolute atomic E-state index is 0.172. The number of hydrogen-bond acceptors (Lipinski definition) is 3. The Morgan fingerprint density at radius 1 is 1.22 bits per heavy atom. The lowest BCUT2D eigenvalue weighted by Gasteiger charge is -2.14. The van der Waals surface area contributed by atoms with Gasteiger partial charge in [0.2, 0.25) is 0 Å². The maximum absolute atomic E-state index is 13.1. The molecule has 0 saturated carbocycles. The van der Waals surface area contributed by atoms with E-state index in [1.54, 1.807) is 0 Å². The summed E-state index contributed by atoms with van der Waals surface area (Å²) in [6.45, 7) is 0. The number of nitrogens with two attached hydrogens (primary N) is 1. The van der Waals surface area contributed by atoms with Crippen LogP contribution in [0.25, 0.3) is 0 Å². The predicted octanol–water partition coefficient (Wildman–Crippen LogP) is 3.54. The van der Waals surface area contributed by atoms with Crippen LogP contribution in [0.4, 0.5) is 8.78 Å². The molecule has 6 heteroatoms.